The molecule has 4 unspecified atom stereocenters. The number of benzene rings is 4. The molecule has 12 nitrogen and oxygen atoms in total. The topological polar surface area (TPSA) is 142 Å². The number of amides is 1. The van der Waals surface area contributed by atoms with Crippen LogP contribution in [0.3, 0.4) is 0 Å². The molecule has 63 heavy (non-hydrogen) atoms. The number of carbonyl (C=O) groups is 1. The minimum absolute atomic E-state index is 0.00361. The van der Waals surface area contributed by atoms with E-state index in [4.69, 9.17) is 11.6 Å². The first-order chi connectivity index (χ1) is 30.3. The molecule has 1 fully saturated rings. The van der Waals surface area contributed by atoms with Crippen molar-refractivity contribution >= 4 is 63.4 Å². The molecule has 4 heterocycles. The van der Waals surface area contributed by atoms with Gasteiger partial charge in [-0.1, -0.05) is 48.9 Å². The molecule has 326 valence electrons. The number of aromatic nitrogens is 1. The number of carbonyl (C=O) groups excluding carboxylic acids is 1. The summed E-state index contributed by atoms with van der Waals surface area (Å²) < 4.78 is 18.6. The van der Waals surface area contributed by atoms with Crippen molar-refractivity contribution in [2.75, 3.05) is 60.0 Å². The molecule has 0 spiro atoms. The zero-order valence-corrected chi connectivity index (χ0v) is 38.0. The highest BCUT2D eigenvalue weighted by Crippen LogP contribution is 2.56. The van der Waals surface area contributed by atoms with Gasteiger partial charge in [-0.15, -0.1) is 11.8 Å². The Morgan fingerprint density at radius 1 is 0.968 bits per heavy atom. The fourth-order valence-corrected chi connectivity index (χ4v) is 11.7. The lowest BCUT2D eigenvalue weighted by molar-refractivity contribution is -0.384. The van der Waals surface area contributed by atoms with Gasteiger partial charge >= 0.3 is 0 Å². The number of fused-ring (bicyclic) bond motifs is 2. The van der Waals surface area contributed by atoms with E-state index in [2.05, 4.69) is 44.3 Å². The van der Waals surface area contributed by atoms with Crippen molar-refractivity contribution in [3.05, 3.63) is 152 Å². The number of anilines is 3. The fourth-order valence-electron chi connectivity index (χ4n) is 9.89. The summed E-state index contributed by atoms with van der Waals surface area (Å²) in [7, 11) is 2.02. The molecular formula is C48H50ClN7O5S2. The Morgan fingerprint density at radius 2 is 1.67 bits per heavy atom. The first-order valence-electron chi connectivity index (χ1n) is 21.3. The minimum atomic E-state index is -1.73. The summed E-state index contributed by atoms with van der Waals surface area (Å²) in [5.74, 6) is 0.643. The predicted octanol–water partition coefficient (Wildman–Crippen LogP) is 8.99. The van der Waals surface area contributed by atoms with E-state index in [1.807, 2.05) is 97.7 Å². The summed E-state index contributed by atoms with van der Waals surface area (Å²) in [6.07, 6.45) is 2.21. The maximum atomic E-state index is 14.4. The molecule has 3 aliphatic heterocycles. The second kappa shape index (κ2) is 17.3. The summed E-state index contributed by atoms with van der Waals surface area (Å²) in [5.41, 5.74) is 8.86. The normalized spacial score (nSPS) is 21.2. The van der Waals surface area contributed by atoms with Crippen LogP contribution in [0.2, 0.25) is 5.02 Å². The largest absolute Gasteiger partial charge is 0.588 e. The van der Waals surface area contributed by atoms with Crippen LogP contribution in [-0.4, -0.2) is 86.0 Å². The zero-order valence-electron chi connectivity index (χ0n) is 35.6. The number of aliphatic hydroxyl groups excluding tert-OH is 1. The third kappa shape index (κ3) is 7.86. The maximum Gasteiger partial charge on any atom is 0.297 e. The van der Waals surface area contributed by atoms with Gasteiger partial charge < -0.3 is 34.2 Å². The van der Waals surface area contributed by atoms with Crippen molar-refractivity contribution in [2.24, 2.45) is 13.0 Å². The number of nitrogens with zero attached hydrogens (tertiary/aromatic N) is 5. The minimum Gasteiger partial charge on any atom is -0.588 e. The first-order valence-corrected chi connectivity index (χ1v) is 23.8. The van der Waals surface area contributed by atoms with Gasteiger partial charge in [0.15, 0.2) is 4.90 Å². The third-order valence-corrected chi connectivity index (χ3v) is 15.4. The molecule has 9 rings (SSSR count). The van der Waals surface area contributed by atoms with Gasteiger partial charge in [0.1, 0.15) is 17.0 Å². The van der Waals surface area contributed by atoms with E-state index in [0.717, 1.165) is 87.6 Å². The van der Waals surface area contributed by atoms with Crippen LogP contribution in [0.5, 0.6) is 0 Å². The van der Waals surface area contributed by atoms with Gasteiger partial charge in [-0.3, -0.25) is 14.9 Å². The van der Waals surface area contributed by atoms with Gasteiger partial charge in [-0.2, -0.15) is 0 Å². The molecule has 0 saturated carbocycles. The second-order valence-corrected chi connectivity index (χ2v) is 19.5. The summed E-state index contributed by atoms with van der Waals surface area (Å²) in [4.78, 5) is 34.1. The number of piperazine rings is 1. The number of hydrogen-bond acceptors (Lipinski definition) is 10. The van der Waals surface area contributed by atoms with Crippen molar-refractivity contribution in [3.63, 3.8) is 0 Å². The predicted molar refractivity (Wildman–Crippen MR) is 253 cm³/mol. The Balaban J connectivity index is 0.894. The zero-order chi connectivity index (χ0) is 44.2. The highest BCUT2D eigenvalue weighted by atomic mass is 35.5. The molecule has 4 aliphatic rings. The Labute approximate surface area is 380 Å². The SMILES string of the molecule is Cc1c2c(c(-c3ccc(Cl)cc3)n1C)C1(C)C=C(N3CCN(c4ccc(N[S+]([O-])c5ccc(NCCSc6ccccc6)c([N+](=O)[O-])c5)cc4)CC3)C(C)C3=C1N(CCC3O)C2=O. The lowest BCUT2D eigenvalue weighted by Crippen LogP contribution is -2.55. The van der Waals surface area contributed by atoms with E-state index >= 15 is 0 Å². The number of aliphatic hydroxyl groups is 1. The van der Waals surface area contributed by atoms with E-state index in [-0.39, 0.29) is 17.5 Å². The van der Waals surface area contributed by atoms with E-state index in [9.17, 15) is 24.6 Å². The molecular weight excluding hydrogens is 854 g/mol. The number of nitro groups is 1. The average molecular weight is 905 g/mol. The van der Waals surface area contributed by atoms with Crippen molar-refractivity contribution in [1.29, 1.82) is 0 Å². The highest BCUT2D eigenvalue weighted by molar-refractivity contribution is 7.99. The summed E-state index contributed by atoms with van der Waals surface area (Å²) >= 11 is 6.27. The number of hydrogen-bond donors (Lipinski definition) is 3. The lowest BCUT2D eigenvalue weighted by Gasteiger charge is -2.52. The van der Waals surface area contributed by atoms with Crippen LogP contribution in [-0.2, 0) is 23.8 Å². The lowest BCUT2D eigenvalue weighted by atomic mass is 9.64. The smallest absolute Gasteiger partial charge is 0.297 e. The summed E-state index contributed by atoms with van der Waals surface area (Å²) in [6, 6.07) is 30.2. The molecule has 1 aliphatic carbocycles. The Morgan fingerprint density at radius 3 is 2.37 bits per heavy atom. The number of halogens is 1. The van der Waals surface area contributed by atoms with Gasteiger partial charge in [0.2, 0.25) is 0 Å². The molecule has 3 N–H and O–H groups in total. The van der Waals surface area contributed by atoms with Crippen molar-refractivity contribution in [2.45, 2.75) is 48.5 Å². The summed E-state index contributed by atoms with van der Waals surface area (Å²) in [5, 5.41) is 27.5. The van der Waals surface area contributed by atoms with E-state index in [1.165, 1.54) is 6.07 Å². The van der Waals surface area contributed by atoms with E-state index in [1.54, 1.807) is 23.9 Å². The maximum absolute atomic E-state index is 14.4. The second-order valence-electron chi connectivity index (χ2n) is 16.7. The molecule has 1 saturated heterocycles. The number of nitrogens with one attached hydrogen (secondary N) is 2. The van der Waals surface area contributed by atoms with Crippen LogP contribution in [0.4, 0.5) is 22.7 Å². The van der Waals surface area contributed by atoms with E-state index in [0.29, 0.717) is 40.8 Å². The van der Waals surface area contributed by atoms with Gasteiger partial charge in [0.05, 0.1) is 39.5 Å². The highest BCUT2D eigenvalue weighted by Gasteiger charge is 2.54. The standard InChI is InChI=1S/C48H50ClN7O5S2/c1-30-40(29-48(3)44-43(47(58)55-22-20-41(57)42(30)46(48)55)31(2)52(4)45(44)32-10-12-33(49)13-11-32)54-25-23-53(24-26-54)35-16-14-34(15-17-35)51-63(61)37-18-19-38(39(28-37)56(59)60)50-21-27-62-36-8-6-5-7-9-36/h5-19,28-30,41,50-51,57H,20-27H2,1-4H3. The molecule has 4 atom stereocenters. The molecule has 0 bridgehead atoms. The first kappa shape index (κ1) is 42.9. The fraction of sp³-hybridized carbons (Fsp3) is 0.312. The van der Waals surface area contributed by atoms with Crippen molar-refractivity contribution in [1.82, 2.24) is 14.4 Å². The van der Waals surface area contributed by atoms with Crippen molar-refractivity contribution < 1.29 is 19.4 Å². The van der Waals surface area contributed by atoms with Crippen LogP contribution in [0.1, 0.15) is 41.9 Å². The molecule has 0 radical (unpaired) electrons. The van der Waals surface area contributed by atoms with Crippen LogP contribution in [0, 0.1) is 23.0 Å². The van der Waals surface area contributed by atoms with Crippen LogP contribution >= 0.6 is 23.4 Å². The van der Waals surface area contributed by atoms with Gasteiger partial charge in [0, 0.05) is 96.2 Å². The third-order valence-electron chi connectivity index (χ3n) is 13.0. The number of thioether (sulfide) groups is 1. The van der Waals surface area contributed by atoms with Crippen molar-refractivity contribution in [3.8, 4) is 11.3 Å². The molecule has 15 heteroatoms. The monoisotopic (exact) mass is 903 g/mol. The Hall–Kier alpha value is -5.38. The number of rotatable bonds is 12. The molecule has 4 aromatic carbocycles. The molecule has 1 aromatic heterocycles. The average Bonchev–Trinajstić information content (AvgIpc) is 3.56. The molecule has 1 amide bonds. The number of allylic oxidation sites excluding steroid dienone is 2. The van der Waals surface area contributed by atoms with Crippen LogP contribution in [0.25, 0.3) is 11.3 Å². The Bertz CT molecular complexity index is 2630. The van der Waals surface area contributed by atoms with Gasteiger partial charge in [-0.25, -0.2) is 4.72 Å². The van der Waals surface area contributed by atoms with E-state index < -0.39 is 27.8 Å². The summed E-state index contributed by atoms with van der Waals surface area (Å²) in [6.45, 7) is 10.4. The Kier molecular flexibility index (Phi) is 11.8. The molecule has 5 aromatic rings. The number of nitro benzene ring substituents is 1. The quantitative estimate of drug-likeness (QED) is 0.0365. The van der Waals surface area contributed by atoms with Gasteiger partial charge in [0.25, 0.3) is 11.6 Å². The van der Waals surface area contributed by atoms with Crippen LogP contribution in [0.15, 0.2) is 130 Å². The van der Waals surface area contributed by atoms with Gasteiger partial charge in [-0.05, 0) is 98.1 Å². The van der Waals surface area contributed by atoms with Crippen LogP contribution < -0.4 is 14.9 Å².